The molecular formula is C22H24N2O2S. The number of sulfonamides is 1. The molecule has 0 atom stereocenters. The third-order valence-electron chi connectivity index (χ3n) is 5.21. The molecule has 0 radical (unpaired) electrons. The lowest BCUT2D eigenvalue weighted by Crippen LogP contribution is -2.34. The van der Waals surface area contributed by atoms with Gasteiger partial charge in [0.25, 0.3) is 0 Å². The zero-order chi connectivity index (χ0) is 18.9. The van der Waals surface area contributed by atoms with Crippen molar-refractivity contribution in [3.8, 4) is 0 Å². The number of rotatable bonds is 5. The van der Waals surface area contributed by atoms with Crippen molar-refractivity contribution in [3.63, 3.8) is 0 Å². The van der Waals surface area contributed by atoms with Crippen molar-refractivity contribution in [1.82, 2.24) is 9.29 Å². The highest BCUT2D eigenvalue weighted by Gasteiger charge is 2.26. The minimum Gasteiger partial charge on any atom is -0.361 e. The first-order chi connectivity index (χ1) is 13.1. The number of para-hydroxylation sites is 1. The SMILES string of the molecule is CCCc1ccc(S(=O)(=O)N2CC=C(c3c[nH]c4ccccc34)CC2)cc1. The molecule has 1 N–H and O–H groups in total. The quantitative estimate of drug-likeness (QED) is 0.703. The van der Waals surface area contributed by atoms with Crippen LogP contribution in [0.3, 0.4) is 0 Å². The molecule has 0 bridgehead atoms. The molecule has 0 fully saturated rings. The molecule has 0 saturated carbocycles. The fourth-order valence-electron chi connectivity index (χ4n) is 3.72. The average Bonchev–Trinajstić information content (AvgIpc) is 3.13. The second-order valence-electron chi connectivity index (χ2n) is 6.98. The van der Waals surface area contributed by atoms with Crippen molar-refractivity contribution in [1.29, 1.82) is 0 Å². The first kappa shape index (κ1) is 18.0. The van der Waals surface area contributed by atoms with Crippen molar-refractivity contribution in [2.24, 2.45) is 0 Å². The number of benzene rings is 2. The number of nitrogens with zero attached hydrogens (tertiary/aromatic N) is 1. The van der Waals surface area contributed by atoms with Crippen LogP contribution in [0.5, 0.6) is 0 Å². The van der Waals surface area contributed by atoms with Gasteiger partial charge in [0.2, 0.25) is 10.0 Å². The van der Waals surface area contributed by atoms with Crippen LogP contribution in [0.25, 0.3) is 16.5 Å². The van der Waals surface area contributed by atoms with Gasteiger partial charge in [-0.1, -0.05) is 49.8 Å². The van der Waals surface area contributed by atoms with E-state index in [0.29, 0.717) is 18.0 Å². The van der Waals surface area contributed by atoms with Gasteiger partial charge in [-0.2, -0.15) is 4.31 Å². The summed E-state index contributed by atoms with van der Waals surface area (Å²) in [5, 5.41) is 1.19. The topological polar surface area (TPSA) is 53.2 Å². The molecule has 0 spiro atoms. The zero-order valence-corrected chi connectivity index (χ0v) is 16.3. The van der Waals surface area contributed by atoms with Crippen LogP contribution >= 0.6 is 0 Å². The van der Waals surface area contributed by atoms with Crippen molar-refractivity contribution < 1.29 is 8.42 Å². The highest BCUT2D eigenvalue weighted by atomic mass is 32.2. The minimum absolute atomic E-state index is 0.381. The first-order valence-corrected chi connectivity index (χ1v) is 10.9. The molecule has 27 heavy (non-hydrogen) atoms. The second-order valence-corrected chi connectivity index (χ2v) is 8.92. The molecule has 140 valence electrons. The molecule has 1 aromatic heterocycles. The minimum atomic E-state index is -3.45. The van der Waals surface area contributed by atoms with E-state index in [4.69, 9.17) is 0 Å². The maximum atomic E-state index is 13.0. The molecule has 1 aliphatic heterocycles. The largest absolute Gasteiger partial charge is 0.361 e. The number of aromatic nitrogens is 1. The Morgan fingerprint density at radius 1 is 1.07 bits per heavy atom. The number of fused-ring (bicyclic) bond motifs is 1. The first-order valence-electron chi connectivity index (χ1n) is 9.44. The van der Waals surface area contributed by atoms with E-state index in [1.165, 1.54) is 22.1 Å². The molecule has 5 heteroatoms. The molecule has 3 aromatic rings. The molecule has 0 amide bonds. The van der Waals surface area contributed by atoms with Crippen molar-refractivity contribution in [2.75, 3.05) is 13.1 Å². The Bertz CT molecular complexity index is 1080. The Kier molecular flexibility index (Phi) is 4.89. The smallest absolute Gasteiger partial charge is 0.243 e. The van der Waals surface area contributed by atoms with Crippen LogP contribution < -0.4 is 0 Å². The van der Waals surface area contributed by atoms with Gasteiger partial charge in [-0.05, 0) is 42.2 Å². The van der Waals surface area contributed by atoms with Crippen LogP contribution in [0.1, 0.15) is 30.9 Å². The summed E-state index contributed by atoms with van der Waals surface area (Å²) >= 11 is 0. The van der Waals surface area contributed by atoms with Gasteiger partial charge < -0.3 is 4.98 Å². The molecule has 1 aliphatic rings. The maximum Gasteiger partial charge on any atom is 0.243 e. The summed E-state index contributed by atoms with van der Waals surface area (Å²) in [6, 6.07) is 15.5. The van der Waals surface area contributed by atoms with Gasteiger partial charge in [0, 0.05) is 35.8 Å². The number of aromatic amines is 1. The number of H-pyrrole nitrogens is 1. The van der Waals surface area contributed by atoms with Gasteiger partial charge >= 0.3 is 0 Å². The van der Waals surface area contributed by atoms with Crippen molar-refractivity contribution >= 4 is 26.5 Å². The highest BCUT2D eigenvalue weighted by molar-refractivity contribution is 7.89. The van der Waals surface area contributed by atoms with Crippen LogP contribution in [-0.4, -0.2) is 30.8 Å². The molecule has 4 rings (SSSR count). The van der Waals surface area contributed by atoms with Gasteiger partial charge in [0.05, 0.1) is 4.90 Å². The summed E-state index contributed by atoms with van der Waals surface area (Å²) in [5.74, 6) is 0. The lowest BCUT2D eigenvalue weighted by atomic mass is 10.00. The Labute approximate surface area is 160 Å². The Morgan fingerprint density at radius 2 is 1.85 bits per heavy atom. The van der Waals surface area contributed by atoms with E-state index in [0.717, 1.165) is 24.8 Å². The Morgan fingerprint density at radius 3 is 2.56 bits per heavy atom. The average molecular weight is 381 g/mol. The highest BCUT2D eigenvalue weighted by Crippen LogP contribution is 2.30. The molecular weight excluding hydrogens is 356 g/mol. The van der Waals surface area contributed by atoms with Gasteiger partial charge in [0.15, 0.2) is 0 Å². The van der Waals surface area contributed by atoms with E-state index >= 15 is 0 Å². The molecule has 2 aromatic carbocycles. The van der Waals surface area contributed by atoms with Crippen LogP contribution in [0.15, 0.2) is 65.7 Å². The lowest BCUT2D eigenvalue weighted by Gasteiger charge is -2.26. The van der Waals surface area contributed by atoms with Crippen LogP contribution in [0.4, 0.5) is 0 Å². The summed E-state index contributed by atoms with van der Waals surface area (Å²) < 4.78 is 27.5. The second kappa shape index (κ2) is 7.33. The summed E-state index contributed by atoms with van der Waals surface area (Å²) in [5.41, 5.74) is 4.66. The van der Waals surface area contributed by atoms with Crippen molar-refractivity contribution in [3.05, 3.63) is 71.9 Å². The normalized spacial score (nSPS) is 15.8. The molecule has 0 saturated heterocycles. The summed E-state index contributed by atoms with van der Waals surface area (Å²) in [6.07, 6.45) is 6.81. The van der Waals surface area contributed by atoms with E-state index in [1.807, 2.05) is 36.5 Å². The number of hydrogen-bond acceptors (Lipinski definition) is 2. The predicted molar refractivity (Wildman–Crippen MR) is 110 cm³/mol. The summed E-state index contributed by atoms with van der Waals surface area (Å²) in [7, 11) is -3.45. The van der Waals surface area contributed by atoms with E-state index in [1.54, 1.807) is 16.4 Å². The van der Waals surface area contributed by atoms with E-state index < -0.39 is 10.0 Å². The van der Waals surface area contributed by atoms with Gasteiger partial charge in [0.1, 0.15) is 0 Å². The fourth-order valence-corrected chi connectivity index (χ4v) is 5.10. The monoisotopic (exact) mass is 380 g/mol. The van der Waals surface area contributed by atoms with Gasteiger partial charge in [-0.15, -0.1) is 0 Å². The zero-order valence-electron chi connectivity index (χ0n) is 15.5. The third kappa shape index (κ3) is 3.45. The lowest BCUT2D eigenvalue weighted by molar-refractivity contribution is 0.441. The van der Waals surface area contributed by atoms with Crippen LogP contribution in [-0.2, 0) is 16.4 Å². The Balaban J connectivity index is 1.55. The molecule has 4 nitrogen and oxygen atoms in total. The van der Waals surface area contributed by atoms with Crippen LogP contribution in [0.2, 0.25) is 0 Å². The third-order valence-corrected chi connectivity index (χ3v) is 7.09. The number of hydrogen-bond donors (Lipinski definition) is 1. The van der Waals surface area contributed by atoms with Gasteiger partial charge in [-0.3, -0.25) is 0 Å². The summed E-state index contributed by atoms with van der Waals surface area (Å²) in [4.78, 5) is 3.68. The molecule has 0 unspecified atom stereocenters. The summed E-state index contributed by atoms with van der Waals surface area (Å²) in [6.45, 7) is 3.04. The molecule has 2 heterocycles. The Hall–Kier alpha value is -2.37. The van der Waals surface area contributed by atoms with Gasteiger partial charge in [-0.25, -0.2) is 8.42 Å². The van der Waals surface area contributed by atoms with Crippen LogP contribution in [0, 0.1) is 0 Å². The van der Waals surface area contributed by atoms with Crippen molar-refractivity contribution in [2.45, 2.75) is 31.1 Å². The standard InChI is InChI=1S/C22H24N2O2S/c1-2-5-17-8-10-19(11-9-17)27(25,26)24-14-12-18(13-15-24)21-16-23-22-7-4-3-6-20(21)22/h3-4,6-12,16,23H,2,5,13-15H2,1H3. The van der Waals surface area contributed by atoms with E-state index in [-0.39, 0.29) is 0 Å². The maximum absolute atomic E-state index is 13.0. The fraction of sp³-hybridized carbons (Fsp3) is 0.273. The molecule has 0 aliphatic carbocycles. The predicted octanol–water partition coefficient (Wildman–Crippen LogP) is 4.60. The number of aryl methyl sites for hydroxylation is 1. The van der Waals surface area contributed by atoms with E-state index in [2.05, 4.69) is 24.0 Å². The number of nitrogens with one attached hydrogen (secondary N) is 1. The van der Waals surface area contributed by atoms with E-state index in [9.17, 15) is 8.42 Å².